The van der Waals surface area contributed by atoms with E-state index in [0.29, 0.717) is 11.4 Å². The molecule has 1 aliphatic rings. The number of hydrogen-bond acceptors (Lipinski definition) is 6. The van der Waals surface area contributed by atoms with Gasteiger partial charge in [0.25, 0.3) is 0 Å². The van der Waals surface area contributed by atoms with E-state index in [1.165, 1.54) is 35.9 Å². The van der Waals surface area contributed by atoms with Gasteiger partial charge in [0.1, 0.15) is 11.4 Å². The molecule has 0 radical (unpaired) electrons. The van der Waals surface area contributed by atoms with Gasteiger partial charge in [-0.25, -0.2) is 9.78 Å². The molecule has 7 nitrogen and oxygen atoms in total. The highest BCUT2D eigenvalue weighted by Crippen LogP contribution is 2.38. The minimum atomic E-state index is -5.30. The monoisotopic (exact) mass is 535 g/mol. The van der Waals surface area contributed by atoms with Crippen molar-refractivity contribution < 1.29 is 35.9 Å². The van der Waals surface area contributed by atoms with Crippen molar-refractivity contribution in [3.05, 3.63) is 65.7 Å². The minimum absolute atomic E-state index is 0.0201. The van der Waals surface area contributed by atoms with Crippen LogP contribution in [0.3, 0.4) is 0 Å². The van der Waals surface area contributed by atoms with Gasteiger partial charge in [-0.15, -0.1) is 0 Å². The normalized spacial score (nSPS) is 15.1. The molecule has 4 heterocycles. The van der Waals surface area contributed by atoms with E-state index in [9.17, 15) is 31.1 Å². The molecular formula is C25H19F6N5O2. The second-order valence-electron chi connectivity index (χ2n) is 9.11. The van der Waals surface area contributed by atoms with Crippen LogP contribution in [0.15, 0.2) is 48.8 Å². The Morgan fingerprint density at radius 2 is 1.71 bits per heavy atom. The molecule has 0 atom stereocenters. The number of carbonyl (C=O) groups excluding carboxylic acids is 1. The van der Waals surface area contributed by atoms with Crippen LogP contribution in [-0.4, -0.2) is 56.8 Å². The number of aryl methyl sites for hydroxylation is 1. The third-order valence-corrected chi connectivity index (χ3v) is 6.17. The fourth-order valence-corrected chi connectivity index (χ4v) is 4.33. The van der Waals surface area contributed by atoms with Crippen LogP contribution in [0.4, 0.5) is 26.3 Å². The Labute approximate surface area is 211 Å². The van der Waals surface area contributed by atoms with Gasteiger partial charge in [0, 0.05) is 37.0 Å². The molecule has 5 rings (SSSR count). The van der Waals surface area contributed by atoms with E-state index in [1.54, 1.807) is 12.1 Å². The molecule has 38 heavy (non-hydrogen) atoms. The molecule has 1 aliphatic heterocycles. The lowest BCUT2D eigenvalue weighted by molar-refractivity contribution is -0.189. The van der Waals surface area contributed by atoms with Crippen LogP contribution < -0.4 is 4.74 Å². The summed E-state index contributed by atoms with van der Waals surface area (Å²) in [6.07, 6.45) is -7.29. The highest BCUT2D eigenvalue weighted by Gasteiger charge is 2.42. The summed E-state index contributed by atoms with van der Waals surface area (Å²) in [6, 6.07) is 7.88. The second kappa shape index (κ2) is 9.08. The molecule has 0 amide bonds. The molecule has 1 saturated heterocycles. The number of benzene rings is 1. The molecule has 0 unspecified atom stereocenters. The van der Waals surface area contributed by atoms with Crippen LogP contribution in [0.5, 0.6) is 5.75 Å². The number of esters is 1. The van der Waals surface area contributed by atoms with E-state index < -0.39 is 29.6 Å². The van der Waals surface area contributed by atoms with Crippen molar-refractivity contribution >= 4 is 11.6 Å². The summed E-state index contributed by atoms with van der Waals surface area (Å²) in [7, 11) is 1.95. The van der Waals surface area contributed by atoms with Crippen molar-refractivity contribution in [3.8, 4) is 28.1 Å². The molecule has 0 saturated carbocycles. The summed E-state index contributed by atoms with van der Waals surface area (Å²) in [5.74, 6) is -2.82. The fourth-order valence-electron chi connectivity index (χ4n) is 4.33. The van der Waals surface area contributed by atoms with Crippen molar-refractivity contribution in [2.45, 2.75) is 25.2 Å². The molecule has 1 aromatic carbocycles. The predicted molar refractivity (Wildman–Crippen MR) is 123 cm³/mol. The van der Waals surface area contributed by atoms with Crippen LogP contribution in [-0.2, 0) is 11.0 Å². The minimum Gasteiger partial charge on any atom is -0.419 e. The van der Waals surface area contributed by atoms with Gasteiger partial charge in [-0.3, -0.25) is 0 Å². The number of ether oxygens (including phenoxy) is 1. The number of halogens is 6. The SMILES string of the molecule is Cc1cn2cc(-c3ccc(-c4ccc(C5CN(C)C5)nn4)c(OC(=O)C(F)(F)F)c3)cc(C(F)(F)F)c2n1. The largest absolute Gasteiger partial charge is 0.491 e. The highest BCUT2D eigenvalue weighted by molar-refractivity contribution is 5.83. The number of fused-ring (bicyclic) bond motifs is 1. The van der Waals surface area contributed by atoms with Crippen LogP contribution >= 0.6 is 0 Å². The molecule has 198 valence electrons. The predicted octanol–water partition coefficient (Wildman–Crippen LogP) is 5.28. The maximum atomic E-state index is 13.8. The molecular weight excluding hydrogens is 516 g/mol. The van der Waals surface area contributed by atoms with Gasteiger partial charge in [0.15, 0.2) is 0 Å². The lowest BCUT2D eigenvalue weighted by atomic mass is 9.96. The number of rotatable bonds is 4. The number of hydrogen-bond donors (Lipinski definition) is 0. The molecule has 0 bridgehead atoms. The van der Waals surface area contributed by atoms with Crippen molar-refractivity contribution in [2.24, 2.45) is 0 Å². The lowest BCUT2D eigenvalue weighted by Gasteiger charge is -2.35. The first-order valence-corrected chi connectivity index (χ1v) is 11.3. The number of carbonyl (C=O) groups is 1. The Kier molecular flexibility index (Phi) is 6.13. The van der Waals surface area contributed by atoms with E-state index in [0.717, 1.165) is 25.2 Å². The molecule has 0 spiro atoms. The number of aromatic nitrogens is 4. The van der Waals surface area contributed by atoms with Gasteiger partial charge < -0.3 is 14.0 Å². The third kappa shape index (κ3) is 4.93. The highest BCUT2D eigenvalue weighted by atomic mass is 19.4. The first kappa shape index (κ1) is 25.6. The zero-order valence-electron chi connectivity index (χ0n) is 19.9. The van der Waals surface area contributed by atoms with Crippen LogP contribution in [0.1, 0.15) is 22.9 Å². The van der Waals surface area contributed by atoms with Gasteiger partial charge in [0.05, 0.1) is 22.6 Å². The maximum Gasteiger partial charge on any atom is 0.491 e. The van der Waals surface area contributed by atoms with Gasteiger partial charge >= 0.3 is 18.3 Å². The summed E-state index contributed by atoms with van der Waals surface area (Å²) < 4.78 is 86.2. The lowest BCUT2D eigenvalue weighted by Crippen LogP contribution is -2.42. The summed E-state index contributed by atoms with van der Waals surface area (Å²) >= 11 is 0. The van der Waals surface area contributed by atoms with E-state index in [1.807, 2.05) is 7.05 Å². The Balaban J connectivity index is 1.59. The van der Waals surface area contributed by atoms with Crippen LogP contribution in [0.2, 0.25) is 0 Å². The summed E-state index contributed by atoms with van der Waals surface area (Å²) in [5, 5.41) is 8.26. The third-order valence-electron chi connectivity index (χ3n) is 6.17. The maximum absolute atomic E-state index is 13.8. The summed E-state index contributed by atoms with van der Waals surface area (Å²) in [5.41, 5.74) is -0.0231. The molecule has 13 heteroatoms. The molecule has 0 aliphatic carbocycles. The summed E-state index contributed by atoms with van der Waals surface area (Å²) in [6.45, 7) is 3.11. The first-order valence-electron chi connectivity index (χ1n) is 11.3. The Bertz CT molecular complexity index is 1520. The number of imidazole rings is 1. The smallest absolute Gasteiger partial charge is 0.419 e. The standard InChI is InChI=1S/C25H19F6N5O2/c1-13-9-36-12-15(7-18(22(36)32-13)24(26,27)28)14-3-4-17(21(8-14)38-23(37)25(29,30)31)20-6-5-19(33-34-20)16-10-35(2)11-16/h3-9,12,16H,10-11H2,1-2H3. The average Bonchev–Trinajstić information content (AvgIpc) is 3.20. The number of pyridine rings is 1. The van der Waals surface area contributed by atoms with Gasteiger partial charge in [-0.05, 0) is 55.4 Å². The zero-order chi connectivity index (χ0) is 27.4. The zero-order valence-corrected chi connectivity index (χ0v) is 19.9. The van der Waals surface area contributed by atoms with Crippen LogP contribution in [0.25, 0.3) is 28.0 Å². The van der Waals surface area contributed by atoms with Crippen molar-refractivity contribution in [1.82, 2.24) is 24.5 Å². The van der Waals surface area contributed by atoms with Gasteiger partial charge in [-0.1, -0.05) is 6.07 Å². The van der Waals surface area contributed by atoms with E-state index in [2.05, 4.69) is 24.8 Å². The fraction of sp³-hybridized carbons (Fsp3) is 0.280. The Hall–Kier alpha value is -4.00. The van der Waals surface area contributed by atoms with Crippen molar-refractivity contribution in [2.75, 3.05) is 20.1 Å². The number of nitrogens with zero attached hydrogens (tertiary/aromatic N) is 5. The quantitative estimate of drug-likeness (QED) is 0.201. The van der Waals surface area contributed by atoms with Gasteiger partial charge in [-0.2, -0.15) is 36.5 Å². The summed E-state index contributed by atoms with van der Waals surface area (Å²) in [4.78, 5) is 17.7. The van der Waals surface area contributed by atoms with E-state index in [4.69, 9.17) is 0 Å². The number of likely N-dealkylation sites (tertiary alicyclic amines) is 1. The van der Waals surface area contributed by atoms with Gasteiger partial charge in [0.2, 0.25) is 0 Å². The number of likely N-dealkylation sites (N-methyl/N-ethyl adjacent to an activating group) is 1. The van der Waals surface area contributed by atoms with Crippen molar-refractivity contribution in [1.29, 1.82) is 0 Å². The number of alkyl halides is 6. The Morgan fingerprint density at radius 3 is 2.32 bits per heavy atom. The molecule has 0 N–H and O–H groups in total. The first-order chi connectivity index (χ1) is 17.8. The van der Waals surface area contributed by atoms with Crippen LogP contribution in [0, 0.1) is 6.92 Å². The molecule has 4 aromatic rings. The molecule has 3 aromatic heterocycles. The van der Waals surface area contributed by atoms with E-state index >= 15 is 0 Å². The Morgan fingerprint density at radius 1 is 0.974 bits per heavy atom. The van der Waals surface area contributed by atoms with E-state index in [-0.39, 0.29) is 33.9 Å². The molecule has 1 fully saturated rings. The topological polar surface area (TPSA) is 72.6 Å². The second-order valence-corrected chi connectivity index (χ2v) is 9.11. The van der Waals surface area contributed by atoms with Crippen molar-refractivity contribution in [3.63, 3.8) is 0 Å². The average molecular weight is 535 g/mol.